The molecule has 5 heteroatoms. The number of hydrogen-bond acceptors (Lipinski definition) is 3. The van der Waals surface area contributed by atoms with Gasteiger partial charge in [0.2, 0.25) is 5.95 Å². The van der Waals surface area contributed by atoms with Crippen LogP contribution in [0.25, 0.3) is 145 Å². The van der Waals surface area contributed by atoms with Crippen LogP contribution >= 0.6 is 0 Å². The summed E-state index contributed by atoms with van der Waals surface area (Å²) >= 11 is 0. The Morgan fingerprint density at radius 2 is 0.635 bits per heavy atom. The van der Waals surface area contributed by atoms with Crippen LogP contribution < -0.4 is 0 Å². The number of fused-ring (bicyclic) bond motifs is 7. The lowest BCUT2D eigenvalue weighted by Gasteiger charge is -2.19. The van der Waals surface area contributed by atoms with Gasteiger partial charge in [0.05, 0.1) is 22.1 Å². The van der Waals surface area contributed by atoms with Gasteiger partial charge in [0.25, 0.3) is 0 Å². The third kappa shape index (κ3) is 9.70. The molecule has 5 nitrogen and oxygen atoms in total. The first-order valence-corrected chi connectivity index (χ1v) is 30.8. The smallest absolute Gasteiger partial charge is 0.238 e. The summed E-state index contributed by atoms with van der Waals surface area (Å²) in [5, 5.41) is 4.25. The minimum absolute atomic E-state index is 0.394. The Morgan fingerprint density at radius 1 is 0.240 bits per heavy atom. The first-order chi connectivity index (χ1) is 47.3. The Balaban J connectivity index is 1.07. The summed E-state index contributed by atoms with van der Waals surface area (Å²) in [5.41, 5.74) is 20.2. The van der Waals surface area contributed by atoms with Gasteiger partial charge in [0.15, 0.2) is 11.6 Å². The second-order valence-corrected chi connectivity index (χ2v) is 23.0. The van der Waals surface area contributed by atoms with Crippen molar-refractivity contribution in [1.29, 1.82) is 0 Å². The molecule has 0 amide bonds. The number of benzene rings is 12. The molecule has 96 heavy (non-hydrogen) atoms. The SMILES string of the molecule is C#Cc1cccc(-c2cc(-c3cc(-c4ccc(-c5cccc(C#C)c5C#C)c(-c5cccc(C#C)c5C#C)c4)cc(-c4nc(-c5ccccc5)nc(-n5c6ccccc6c6ccc7c8ccccc8n(-c8ccccc8)c7c65)n4)c3)cc(-c3cccc(C#C)c3C#C)c2)c1C#C. The highest BCUT2D eigenvalue weighted by Gasteiger charge is 2.26. The van der Waals surface area contributed by atoms with E-state index >= 15 is 0 Å². The van der Waals surface area contributed by atoms with Crippen LogP contribution in [0.5, 0.6) is 0 Å². The molecule has 0 saturated heterocycles. The molecule has 0 fully saturated rings. The highest BCUT2D eigenvalue weighted by Crippen LogP contribution is 2.45. The van der Waals surface area contributed by atoms with Crippen LogP contribution in [-0.2, 0) is 0 Å². The Morgan fingerprint density at radius 3 is 1.15 bits per heavy atom. The van der Waals surface area contributed by atoms with Gasteiger partial charge in [-0.2, -0.15) is 9.97 Å². The highest BCUT2D eigenvalue weighted by atomic mass is 15.2. The fourth-order valence-corrected chi connectivity index (χ4v) is 13.5. The summed E-state index contributed by atoms with van der Waals surface area (Å²) in [6.07, 6.45) is 50.1. The van der Waals surface area contributed by atoms with Gasteiger partial charge in [-0.15, -0.1) is 51.4 Å². The number of terminal acetylenes is 8. The summed E-state index contributed by atoms with van der Waals surface area (Å²) in [6.45, 7) is 0. The van der Waals surface area contributed by atoms with Gasteiger partial charge in [-0.1, -0.05) is 205 Å². The molecule has 12 aromatic carbocycles. The molecule has 0 spiro atoms. The molecule has 15 rings (SSSR count). The van der Waals surface area contributed by atoms with Gasteiger partial charge >= 0.3 is 0 Å². The van der Waals surface area contributed by atoms with Crippen LogP contribution in [0.15, 0.2) is 249 Å². The standard InChI is InChI=1S/C91H49N5/c1-9-58-33-27-41-75(71(58)13-5)67-52-66(53-68(56-67)76-42-28-34-59(10-2)72(76)14-6)65-51-64(63-47-48-79(77-43-29-35-60(11-3)73(77)15-7)84(57-63)78-44-30-36-61(12-4)74(78)16-8)54-69(55-65)90-92-89(62-31-19-17-20-32-62)93-91(94-90)96-86-46-26-24-40-81(86)83-50-49-82-80-39-23-25-45-85(80)95(87(82)88(83)96)70-37-21-18-22-38-70/h1-8,17-57H. The van der Waals surface area contributed by atoms with Crippen molar-refractivity contribution < 1.29 is 0 Å². The number of aromatic nitrogens is 5. The van der Waals surface area contributed by atoms with Crippen LogP contribution in [0.1, 0.15) is 44.5 Å². The Kier molecular flexibility index (Phi) is 14.6. The van der Waals surface area contributed by atoms with Crippen molar-refractivity contribution in [3.05, 3.63) is 293 Å². The minimum Gasteiger partial charge on any atom is -0.307 e. The molecule has 0 bridgehead atoms. The normalized spacial score (nSPS) is 10.8. The van der Waals surface area contributed by atoms with Gasteiger partial charge in [0.1, 0.15) is 0 Å². The zero-order valence-corrected chi connectivity index (χ0v) is 51.5. The molecule has 15 aromatic rings. The quantitative estimate of drug-likeness (QED) is 0.128. The van der Waals surface area contributed by atoms with Gasteiger partial charge in [-0.3, -0.25) is 4.57 Å². The van der Waals surface area contributed by atoms with Crippen LogP contribution in [-0.4, -0.2) is 24.1 Å². The van der Waals surface area contributed by atoms with Crippen LogP contribution in [0.3, 0.4) is 0 Å². The maximum atomic E-state index is 6.42. The molecule has 0 unspecified atom stereocenters. The largest absolute Gasteiger partial charge is 0.307 e. The first kappa shape index (κ1) is 58.1. The van der Waals surface area contributed by atoms with Crippen molar-refractivity contribution in [2.24, 2.45) is 0 Å². The molecular formula is C91H49N5. The molecular weight excluding hydrogens is 1160 g/mol. The molecule has 0 atom stereocenters. The van der Waals surface area contributed by atoms with Crippen molar-refractivity contribution in [2.75, 3.05) is 0 Å². The fraction of sp³-hybridized carbons (Fsp3) is 0. The second-order valence-electron chi connectivity index (χ2n) is 23.0. The number of para-hydroxylation sites is 3. The molecule has 0 aliphatic rings. The van der Waals surface area contributed by atoms with E-state index in [1.807, 2.05) is 109 Å². The lowest BCUT2D eigenvalue weighted by molar-refractivity contribution is 0.953. The van der Waals surface area contributed by atoms with Crippen molar-refractivity contribution in [2.45, 2.75) is 0 Å². The van der Waals surface area contributed by atoms with E-state index in [0.29, 0.717) is 67.7 Å². The van der Waals surface area contributed by atoms with Gasteiger partial charge < -0.3 is 4.57 Å². The van der Waals surface area contributed by atoms with Crippen molar-refractivity contribution in [3.8, 4) is 200 Å². The van der Waals surface area contributed by atoms with Gasteiger partial charge in [-0.25, -0.2) is 4.98 Å². The van der Waals surface area contributed by atoms with E-state index in [4.69, 9.17) is 66.3 Å². The topological polar surface area (TPSA) is 48.5 Å². The molecule has 3 heterocycles. The third-order valence-electron chi connectivity index (χ3n) is 17.8. The monoisotopic (exact) mass is 1210 g/mol. The molecule has 0 aliphatic carbocycles. The average molecular weight is 1210 g/mol. The molecule has 0 radical (unpaired) electrons. The molecule has 3 aromatic heterocycles. The lowest BCUT2D eigenvalue weighted by atomic mass is 9.85. The van der Waals surface area contributed by atoms with Crippen molar-refractivity contribution in [1.82, 2.24) is 24.1 Å². The van der Waals surface area contributed by atoms with E-state index in [9.17, 15) is 0 Å². The number of nitrogens with zero attached hydrogens (tertiary/aromatic N) is 5. The molecule has 0 aliphatic heterocycles. The lowest BCUT2D eigenvalue weighted by Crippen LogP contribution is -2.07. The number of rotatable bonds is 10. The molecule has 0 N–H and O–H groups in total. The predicted octanol–water partition coefficient (Wildman–Crippen LogP) is 19.3. The zero-order valence-electron chi connectivity index (χ0n) is 51.5. The Labute approximate surface area is 557 Å². The third-order valence-corrected chi connectivity index (χ3v) is 17.8. The summed E-state index contributed by atoms with van der Waals surface area (Å²) < 4.78 is 4.54. The van der Waals surface area contributed by atoms with Crippen LogP contribution in [0, 0.1) is 98.8 Å². The Hall–Kier alpha value is -14.3. The van der Waals surface area contributed by atoms with Crippen LogP contribution in [0.4, 0.5) is 0 Å². The molecule has 0 saturated carbocycles. The van der Waals surface area contributed by atoms with E-state index in [0.717, 1.165) is 122 Å². The van der Waals surface area contributed by atoms with Gasteiger partial charge in [0, 0.05) is 82.9 Å². The second kappa shape index (κ2) is 24.2. The fourth-order valence-electron chi connectivity index (χ4n) is 13.5. The summed E-state index contributed by atoms with van der Waals surface area (Å²) in [6, 6.07) is 83.7. The maximum Gasteiger partial charge on any atom is 0.238 e. The van der Waals surface area contributed by atoms with Gasteiger partial charge in [-0.05, 0) is 158 Å². The van der Waals surface area contributed by atoms with E-state index in [1.165, 1.54) is 0 Å². The Bertz CT molecular complexity index is 6080. The number of hydrogen-bond donors (Lipinski definition) is 0. The van der Waals surface area contributed by atoms with E-state index in [1.54, 1.807) is 0 Å². The highest BCUT2D eigenvalue weighted by molar-refractivity contribution is 6.23. The minimum atomic E-state index is 0.394. The average Bonchev–Trinajstić information content (AvgIpc) is 1.54. The summed E-state index contributed by atoms with van der Waals surface area (Å²) in [4.78, 5) is 16.7. The van der Waals surface area contributed by atoms with Crippen molar-refractivity contribution >= 4 is 43.6 Å². The predicted molar refractivity (Wildman–Crippen MR) is 395 cm³/mol. The summed E-state index contributed by atoms with van der Waals surface area (Å²) in [7, 11) is 0. The van der Waals surface area contributed by atoms with Crippen molar-refractivity contribution in [3.63, 3.8) is 0 Å². The van der Waals surface area contributed by atoms with E-state index < -0.39 is 0 Å². The zero-order chi connectivity index (χ0) is 65.6. The molecule has 438 valence electrons. The van der Waals surface area contributed by atoms with E-state index in [-0.39, 0.29) is 0 Å². The first-order valence-electron chi connectivity index (χ1n) is 30.8. The maximum absolute atomic E-state index is 6.42. The van der Waals surface area contributed by atoms with Crippen LogP contribution in [0.2, 0.25) is 0 Å². The summed E-state index contributed by atoms with van der Waals surface area (Å²) in [5.74, 6) is 24.2. The van der Waals surface area contributed by atoms with E-state index in [2.05, 4.69) is 196 Å².